The van der Waals surface area contributed by atoms with Gasteiger partial charge in [-0.1, -0.05) is 25.1 Å². The Balaban J connectivity index is 1.84. The van der Waals surface area contributed by atoms with E-state index in [1.165, 1.54) is 0 Å². The van der Waals surface area contributed by atoms with E-state index >= 15 is 0 Å². The molecule has 0 spiro atoms. The molecule has 1 fully saturated rings. The highest BCUT2D eigenvalue weighted by Crippen LogP contribution is 2.23. The van der Waals surface area contributed by atoms with E-state index < -0.39 is 0 Å². The minimum Gasteiger partial charge on any atom is -0.496 e. The van der Waals surface area contributed by atoms with Gasteiger partial charge in [0.1, 0.15) is 5.75 Å². The molecule has 1 aromatic carbocycles. The van der Waals surface area contributed by atoms with Crippen LogP contribution < -0.4 is 10.5 Å². The van der Waals surface area contributed by atoms with Gasteiger partial charge in [0.05, 0.1) is 7.11 Å². The molecule has 0 bridgehead atoms. The van der Waals surface area contributed by atoms with Crippen molar-refractivity contribution in [2.24, 2.45) is 17.6 Å². The molecule has 1 aliphatic heterocycles. The van der Waals surface area contributed by atoms with Gasteiger partial charge in [0.25, 0.3) is 0 Å². The molecule has 1 atom stereocenters. The molecule has 0 radical (unpaired) electrons. The van der Waals surface area contributed by atoms with Crippen LogP contribution in [0.2, 0.25) is 0 Å². The number of rotatable bonds is 6. The van der Waals surface area contributed by atoms with Gasteiger partial charge < -0.3 is 15.4 Å². The summed E-state index contributed by atoms with van der Waals surface area (Å²) in [7, 11) is 1.66. The topological polar surface area (TPSA) is 72.6 Å². The highest BCUT2D eigenvalue weighted by molar-refractivity contribution is 5.79. The van der Waals surface area contributed by atoms with E-state index in [0.29, 0.717) is 32.4 Å². The minimum absolute atomic E-state index is 0.0787. The van der Waals surface area contributed by atoms with Gasteiger partial charge >= 0.3 is 0 Å². The van der Waals surface area contributed by atoms with Crippen molar-refractivity contribution in [3.8, 4) is 5.75 Å². The average molecular weight is 318 g/mol. The summed E-state index contributed by atoms with van der Waals surface area (Å²) in [6.45, 7) is 3.35. The van der Waals surface area contributed by atoms with E-state index in [0.717, 1.165) is 17.7 Å². The molecule has 126 valence electrons. The SMILES string of the molecule is COc1ccccc1CC(C)CC(=O)N1CCC(C(N)=O)CC1. The number of hydrogen-bond donors (Lipinski definition) is 1. The number of nitrogens with two attached hydrogens (primary N) is 1. The third kappa shape index (κ3) is 4.71. The number of primary amides is 1. The molecule has 0 aliphatic carbocycles. The van der Waals surface area contributed by atoms with Crippen molar-refractivity contribution in [3.05, 3.63) is 29.8 Å². The Kier molecular flexibility index (Phi) is 6.02. The lowest BCUT2D eigenvalue weighted by molar-refractivity contribution is -0.135. The molecule has 0 saturated carbocycles. The molecular formula is C18H26N2O3. The lowest BCUT2D eigenvalue weighted by Gasteiger charge is -2.31. The van der Waals surface area contributed by atoms with Crippen molar-refractivity contribution in [1.29, 1.82) is 0 Å². The number of ether oxygens (including phenoxy) is 1. The number of amides is 2. The predicted octanol–water partition coefficient (Wildman–Crippen LogP) is 1.99. The Morgan fingerprint density at radius 1 is 1.30 bits per heavy atom. The lowest BCUT2D eigenvalue weighted by Crippen LogP contribution is -2.42. The van der Waals surface area contributed by atoms with Crippen LogP contribution in [0.25, 0.3) is 0 Å². The number of para-hydroxylation sites is 1. The second kappa shape index (κ2) is 7.99. The van der Waals surface area contributed by atoms with Crippen molar-refractivity contribution < 1.29 is 14.3 Å². The fraction of sp³-hybridized carbons (Fsp3) is 0.556. The maximum absolute atomic E-state index is 12.4. The second-order valence-electron chi connectivity index (χ2n) is 6.38. The van der Waals surface area contributed by atoms with Crippen molar-refractivity contribution in [3.63, 3.8) is 0 Å². The van der Waals surface area contributed by atoms with E-state index in [9.17, 15) is 9.59 Å². The standard InChI is InChI=1S/C18H26N2O3/c1-13(11-15-5-3-4-6-16(15)23-2)12-17(21)20-9-7-14(8-10-20)18(19)22/h3-6,13-14H,7-12H2,1-2H3,(H2,19,22). The van der Waals surface area contributed by atoms with Crippen molar-refractivity contribution in [1.82, 2.24) is 4.90 Å². The first kappa shape index (κ1) is 17.3. The summed E-state index contributed by atoms with van der Waals surface area (Å²) >= 11 is 0. The molecular weight excluding hydrogens is 292 g/mol. The Labute approximate surface area is 137 Å². The Morgan fingerprint density at radius 2 is 1.96 bits per heavy atom. The third-order valence-electron chi connectivity index (χ3n) is 4.53. The molecule has 1 unspecified atom stereocenters. The van der Waals surface area contributed by atoms with Crippen LogP contribution in [-0.4, -0.2) is 36.9 Å². The van der Waals surface area contributed by atoms with E-state index in [2.05, 4.69) is 6.92 Å². The molecule has 5 nitrogen and oxygen atoms in total. The highest BCUT2D eigenvalue weighted by Gasteiger charge is 2.26. The summed E-state index contributed by atoms with van der Waals surface area (Å²) in [5.74, 6) is 0.948. The van der Waals surface area contributed by atoms with Gasteiger partial charge in [-0.05, 0) is 36.8 Å². The van der Waals surface area contributed by atoms with E-state index in [1.54, 1.807) is 7.11 Å². The molecule has 1 aliphatic rings. The number of piperidine rings is 1. The summed E-state index contributed by atoms with van der Waals surface area (Å²) in [4.78, 5) is 25.4. The Bertz CT molecular complexity index is 551. The zero-order valence-electron chi connectivity index (χ0n) is 14.0. The van der Waals surface area contributed by atoms with Crippen LogP contribution in [0.4, 0.5) is 0 Å². The maximum atomic E-state index is 12.4. The van der Waals surface area contributed by atoms with Crippen LogP contribution in [0, 0.1) is 11.8 Å². The zero-order valence-corrected chi connectivity index (χ0v) is 14.0. The first-order valence-electron chi connectivity index (χ1n) is 8.20. The smallest absolute Gasteiger partial charge is 0.222 e. The van der Waals surface area contributed by atoms with Gasteiger partial charge in [-0.3, -0.25) is 9.59 Å². The van der Waals surface area contributed by atoms with Crippen molar-refractivity contribution >= 4 is 11.8 Å². The number of likely N-dealkylation sites (tertiary alicyclic amines) is 1. The zero-order chi connectivity index (χ0) is 16.8. The minimum atomic E-state index is -0.248. The van der Waals surface area contributed by atoms with Gasteiger partial charge in [0, 0.05) is 25.4 Å². The third-order valence-corrected chi connectivity index (χ3v) is 4.53. The summed E-state index contributed by atoms with van der Waals surface area (Å²) < 4.78 is 5.36. The predicted molar refractivity (Wildman–Crippen MR) is 89.0 cm³/mol. The van der Waals surface area contributed by atoms with E-state index in [1.807, 2.05) is 29.2 Å². The fourth-order valence-electron chi connectivity index (χ4n) is 3.16. The van der Waals surface area contributed by atoms with Gasteiger partial charge in [0.15, 0.2) is 0 Å². The van der Waals surface area contributed by atoms with Crippen LogP contribution in [0.15, 0.2) is 24.3 Å². The number of hydrogen-bond acceptors (Lipinski definition) is 3. The number of benzene rings is 1. The number of carbonyl (C=O) groups is 2. The fourth-order valence-corrected chi connectivity index (χ4v) is 3.16. The first-order valence-corrected chi connectivity index (χ1v) is 8.20. The molecule has 2 N–H and O–H groups in total. The molecule has 1 aromatic rings. The molecule has 2 rings (SSSR count). The van der Waals surface area contributed by atoms with Crippen LogP contribution in [0.5, 0.6) is 5.75 Å². The first-order chi connectivity index (χ1) is 11.0. The molecule has 5 heteroatoms. The summed E-state index contributed by atoms with van der Waals surface area (Å²) in [5, 5.41) is 0. The van der Waals surface area contributed by atoms with Gasteiger partial charge in [0.2, 0.25) is 11.8 Å². The van der Waals surface area contributed by atoms with Gasteiger partial charge in [-0.25, -0.2) is 0 Å². The van der Waals surface area contributed by atoms with Crippen molar-refractivity contribution in [2.45, 2.75) is 32.6 Å². The van der Waals surface area contributed by atoms with E-state index in [-0.39, 0.29) is 23.7 Å². The Hall–Kier alpha value is -2.04. The number of carbonyl (C=O) groups excluding carboxylic acids is 2. The molecule has 2 amide bonds. The molecule has 1 saturated heterocycles. The normalized spacial score (nSPS) is 16.9. The van der Waals surface area contributed by atoms with Crippen LogP contribution in [0.3, 0.4) is 0 Å². The Morgan fingerprint density at radius 3 is 2.57 bits per heavy atom. The lowest BCUT2D eigenvalue weighted by atomic mass is 9.94. The van der Waals surface area contributed by atoms with Crippen LogP contribution >= 0.6 is 0 Å². The second-order valence-corrected chi connectivity index (χ2v) is 6.38. The summed E-state index contributed by atoms with van der Waals surface area (Å²) in [6, 6.07) is 7.92. The van der Waals surface area contributed by atoms with Crippen LogP contribution in [0.1, 0.15) is 31.7 Å². The van der Waals surface area contributed by atoms with Gasteiger partial charge in [-0.15, -0.1) is 0 Å². The summed E-state index contributed by atoms with van der Waals surface area (Å²) in [5.41, 5.74) is 6.46. The number of nitrogens with zero attached hydrogens (tertiary/aromatic N) is 1. The van der Waals surface area contributed by atoms with E-state index in [4.69, 9.17) is 10.5 Å². The molecule has 23 heavy (non-hydrogen) atoms. The maximum Gasteiger partial charge on any atom is 0.222 e. The monoisotopic (exact) mass is 318 g/mol. The largest absolute Gasteiger partial charge is 0.496 e. The number of methoxy groups -OCH3 is 1. The van der Waals surface area contributed by atoms with Crippen LogP contribution in [-0.2, 0) is 16.0 Å². The molecule has 0 aromatic heterocycles. The highest BCUT2D eigenvalue weighted by atomic mass is 16.5. The summed E-state index contributed by atoms with van der Waals surface area (Å²) in [6.07, 6.45) is 2.69. The van der Waals surface area contributed by atoms with Gasteiger partial charge in [-0.2, -0.15) is 0 Å². The average Bonchev–Trinajstić information content (AvgIpc) is 2.55. The molecule has 1 heterocycles. The van der Waals surface area contributed by atoms with Crippen molar-refractivity contribution in [2.75, 3.05) is 20.2 Å². The quantitative estimate of drug-likeness (QED) is 0.872.